The third kappa shape index (κ3) is 8.63. The Hall–Kier alpha value is -3.87. The van der Waals surface area contributed by atoms with Gasteiger partial charge in [-0.25, -0.2) is 9.37 Å². The van der Waals surface area contributed by atoms with Crippen LogP contribution in [-0.4, -0.2) is 58.3 Å². The number of pyridine rings is 1. The number of alkyl halides is 3. The summed E-state index contributed by atoms with van der Waals surface area (Å²) in [5.41, 5.74) is -0.529. The van der Waals surface area contributed by atoms with Crippen LogP contribution in [0.4, 0.5) is 23.2 Å². The molecule has 0 aliphatic heterocycles. The van der Waals surface area contributed by atoms with E-state index in [0.29, 0.717) is 11.9 Å². The van der Waals surface area contributed by atoms with Crippen molar-refractivity contribution in [2.24, 2.45) is 0 Å². The predicted octanol–water partition coefficient (Wildman–Crippen LogP) is 4.03. The topological polar surface area (TPSA) is 98.6 Å². The molecule has 0 bridgehead atoms. The zero-order valence-electron chi connectivity index (χ0n) is 19.5. The van der Waals surface area contributed by atoms with Gasteiger partial charge in [-0.3, -0.25) is 14.3 Å². The van der Waals surface area contributed by atoms with Gasteiger partial charge >= 0.3 is 6.18 Å². The quantitative estimate of drug-likeness (QED) is 0.367. The first-order valence-electron chi connectivity index (χ1n) is 10.8. The standard InChI is InChI=1S/C23H22ClF4N5O4/c1-32(7-9-37-21-5-2-15(11-29-21)23(26,27)28)22(35)14-33-13-17(12-30-33)31-20(34)6-8-36-19-4-3-16(24)10-18(19)25/h2-5,10-13H,6-9,14H2,1H3,(H,31,34). The largest absolute Gasteiger partial charge is 0.490 e. The van der Waals surface area contributed by atoms with Gasteiger partial charge in [0, 0.05) is 30.5 Å². The normalized spacial score (nSPS) is 11.2. The summed E-state index contributed by atoms with van der Waals surface area (Å²) in [5.74, 6) is -1.36. The van der Waals surface area contributed by atoms with Gasteiger partial charge in [-0.1, -0.05) is 11.6 Å². The molecule has 0 unspecified atom stereocenters. The Morgan fingerprint density at radius 3 is 2.59 bits per heavy atom. The molecule has 3 aromatic rings. The van der Waals surface area contributed by atoms with Crippen molar-refractivity contribution in [2.45, 2.75) is 19.1 Å². The van der Waals surface area contributed by atoms with Crippen molar-refractivity contribution in [3.63, 3.8) is 0 Å². The van der Waals surface area contributed by atoms with Gasteiger partial charge in [0.25, 0.3) is 0 Å². The fraction of sp³-hybridized carbons (Fsp3) is 0.304. The van der Waals surface area contributed by atoms with Crippen LogP contribution in [0.2, 0.25) is 5.02 Å². The van der Waals surface area contributed by atoms with Crippen LogP contribution in [0.25, 0.3) is 0 Å². The minimum absolute atomic E-state index is 0.00464. The molecule has 2 amide bonds. The lowest BCUT2D eigenvalue weighted by Gasteiger charge is -2.17. The van der Waals surface area contributed by atoms with Crippen molar-refractivity contribution in [3.8, 4) is 11.6 Å². The number of carbonyl (C=O) groups is 2. The second-order valence-corrected chi connectivity index (χ2v) is 8.13. The molecule has 2 heterocycles. The molecule has 0 aliphatic carbocycles. The monoisotopic (exact) mass is 543 g/mol. The van der Waals surface area contributed by atoms with E-state index in [1.807, 2.05) is 0 Å². The Labute approximate surface area is 213 Å². The summed E-state index contributed by atoms with van der Waals surface area (Å²) >= 11 is 5.68. The number of amides is 2. The van der Waals surface area contributed by atoms with E-state index < -0.39 is 23.5 Å². The van der Waals surface area contributed by atoms with Gasteiger partial charge in [-0.05, 0) is 24.3 Å². The summed E-state index contributed by atoms with van der Waals surface area (Å²) in [7, 11) is 1.53. The second-order valence-electron chi connectivity index (χ2n) is 7.69. The van der Waals surface area contributed by atoms with Crippen molar-refractivity contribution in [1.29, 1.82) is 0 Å². The molecule has 37 heavy (non-hydrogen) atoms. The number of carbonyl (C=O) groups excluding carboxylic acids is 2. The van der Waals surface area contributed by atoms with Crippen molar-refractivity contribution in [3.05, 3.63) is 65.3 Å². The van der Waals surface area contributed by atoms with E-state index in [2.05, 4.69) is 15.4 Å². The minimum Gasteiger partial charge on any atom is -0.490 e. The highest BCUT2D eigenvalue weighted by Gasteiger charge is 2.30. The van der Waals surface area contributed by atoms with E-state index >= 15 is 0 Å². The molecular formula is C23H22ClF4N5O4. The molecule has 0 radical (unpaired) electrons. The van der Waals surface area contributed by atoms with Gasteiger partial charge in [0.1, 0.15) is 13.2 Å². The summed E-state index contributed by atoms with van der Waals surface area (Å²) in [4.78, 5) is 29.4. The average molecular weight is 544 g/mol. The van der Waals surface area contributed by atoms with Gasteiger partial charge in [0.05, 0.1) is 37.0 Å². The number of nitrogens with zero attached hydrogens (tertiary/aromatic N) is 4. The number of hydrogen-bond acceptors (Lipinski definition) is 6. The van der Waals surface area contributed by atoms with Gasteiger partial charge in [0.15, 0.2) is 11.6 Å². The molecule has 14 heteroatoms. The first kappa shape index (κ1) is 27.7. The molecule has 0 spiro atoms. The Morgan fingerprint density at radius 2 is 1.92 bits per heavy atom. The van der Waals surface area contributed by atoms with Crippen LogP contribution in [0.1, 0.15) is 12.0 Å². The zero-order valence-corrected chi connectivity index (χ0v) is 20.2. The van der Waals surface area contributed by atoms with E-state index in [1.54, 1.807) is 0 Å². The van der Waals surface area contributed by atoms with Crippen molar-refractivity contribution in [2.75, 3.05) is 32.1 Å². The molecule has 0 atom stereocenters. The molecule has 198 valence electrons. The van der Waals surface area contributed by atoms with Crippen molar-refractivity contribution in [1.82, 2.24) is 19.7 Å². The zero-order chi connectivity index (χ0) is 27.0. The number of benzene rings is 1. The predicted molar refractivity (Wildman–Crippen MR) is 125 cm³/mol. The second kappa shape index (κ2) is 12.4. The fourth-order valence-electron chi connectivity index (χ4n) is 2.89. The van der Waals surface area contributed by atoms with Crippen molar-refractivity contribution < 1.29 is 36.6 Å². The summed E-state index contributed by atoms with van der Waals surface area (Å²) < 4.78 is 63.2. The molecular weight excluding hydrogens is 522 g/mol. The number of ether oxygens (including phenoxy) is 2. The lowest BCUT2D eigenvalue weighted by atomic mass is 10.3. The molecule has 0 saturated heterocycles. The highest BCUT2D eigenvalue weighted by Crippen LogP contribution is 2.29. The van der Waals surface area contributed by atoms with E-state index in [1.165, 1.54) is 41.2 Å². The number of nitrogens with one attached hydrogen (secondary N) is 1. The van der Waals surface area contributed by atoms with E-state index in [4.69, 9.17) is 21.1 Å². The number of aromatic nitrogens is 3. The van der Waals surface area contributed by atoms with Crippen LogP contribution in [0, 0.1) is 5.82 Å². The number of hydrogen-bond donors (Lipinski definition) is 1. The van der Waals surface area contributed by atoms with Crippen LogP contribution < -0.4 is 14.8 Å². The van der Waals surface area contributed by atoms with E-state index in [-0.39, 0.29) is 55.3 Å². The van der Waals surface area contributed by atoms with Gasteiger partial charge in [0.2, 0.25) is 17.7 Å². The first-order chi connectivity index (χ1) is 17.5. The Balaban J connectivity index is 1.37. The van der Waals surface area contributed by atoms with E-state index in [9.17, 15) is 27.2 Å². The lowest BCUT2D eigenvalue weighted by molar-refractivity contribution is -0.138. The molecule has 9 nitrogen and oxygen atoms in total. The van der Waals surface area contributed by atoms with Crippen LogP contribution >= 0.6 is 11.6 Å². The van der Waals surface area contributed by atoms with E-state index in [0.717, 1.165) is 18.2 Å². The lowest BCUT2D eigenvalue weighted by Crippen LogP contribution is -2.33. The number of likely N-dealkylation sites (N-methyl/N-ethyl adjacent to an activating group) is 1. The molecule has 0 fully saturated rings. The maximum Gasteiger partial charge on any atom is 0.417 e. The third-order valence-corrected chi connectivity index (χ3v) is 5.10. The van der Waals surface area contributed by atoms with Crippen molar-refractivity contribution >= 4 is 29.1 Å². The molecule has 0 saturated carbocycles. The van der Waals surface area contributed by atoms with Crippen LogP contribution in [0.3, 0.4) is 0 Å². The summed E-state index contributed by atoms with van der Waals surface area (Å²) in [6, 6.07) is 5.90. The maximum absolute atomic E-state index is 13.7. The average Bonchev–Trinajstić information content (AvgIpc) is 3.26. The summed E-state index contributed by atoms with van der Waals surface area (Å²) in [6.45, 7) is -0.0145. The smallest absolute Gasteiger partial charge is 0.417 e. The number of rotatable bonds is 11. The SMILES string of the molecule is CN(CCOc1ccc(C(F)(F)F)cn1)C(=O)Cn1cc(NC(=O)CCOc2ccc(Cl)cc2F)cn1. The molecule has 1 aromatic carbocycles. The minimum atomic E-state index is -4.49. The molecule has 0 aliphatic rings. The molecule has 1 N–H and O–H groups in total. The van der Waals surface area contributed by atoms with Crippen LogP contribution in [0.15, 0.2) is 48.9 Å². The molecule has 2 aromatic heterocycles. The van der Waals surface area contributed by atoms with Gasteiger partial charge < -0.3 is 19.7 Å². The van der Waals surface area contributed by atoms with Gasteiger partial charge in [-0.15, -0.1) is 0 Å². The Bertz CT molecular complexity index is 1220. The van der Waals surface area contributed by atoms with Crippen LogP contribution in [0.5, 0.6) is 11.6 Å². The highest BCUT2D eigenvalue weighted by molar-refractivity contribution is 6.30. The number of anilines is 1. The Kier molecular flexibility index (Phi) is 9.28. The van der Waals surface area contributed by atoms with Gasteiger partial charge in [-0.2, -0.15) is 18.3 Å². The Morgan fingerprint density at radius 1 is 1.14 bits per heavy atom. The summed E-state index contributed by atoms with van der Waals surface area (Å²) in [5, 5.41) is 6.85. The van der Waals surface area contributed by atoms with Crippen LogP contribution in [-0.2, 0) is 22.3 Å². The third-order valence-electron chi connectivity index (χ3n) is 4.86. The first-order valence-corrected chi connectivity index (χ1v) is 11.2. The number of halogens is 5. The summed E-state index contributed by atoms with van der Waals surface area (Å²) in [6.07, 6.45) is -1.04. The fourth-order valence-corrected chi connectivity index (χ4v) is 3.05. The maximum atomic E-state index is 13.7. The highest BCUT2D eigenvalue weighted by atomic mass is 35.5. The molecule has 3 rings (SSSR count).